The van der Waals surface area contributed by atoms with E-state index in [-0.39, 0.29) is 0 Å². The smallest absolute Gasteiger partial charge is 0.276 e. The molecule has 5 nitrogen and oxygen atoms in total. The highest BCUT2D eigenvalue weighted by atomic mass is 35.5. The number of carbonyl (C=O) groups excluding carboxylic acids is 1. The molecule has 0 radical (unpaired) electrons. The van der Waals surface area contributed by atoms with Crippen LogP contribution in [0.15, 0.2) is 35.5 Å². The van der Waals surface area contributed by atoms with E-state index in [9.17, 15) is 9.90 Å². The van der Waals surface area contributed by atoms with Gasteiger partial charge in [-0.25, -0.2) is 4.99 Å². The van der Waals surface area contributed by atoms with Gasteiger partial charge in [-0.05, 0) is 13.0 Å². The van der Waals surface area contributed by atoms with Crippen LogP contribution in [-0.2, 0) is 11.8 Å². The topological polar surface area (TPSA) is 66.6 Å². The number of nitrogens with one attached hydrogen (secondary N) is 1. The number of amides is 1. The number of aliphatic imine (C=N–C) groups is 1. The van der Waals surface area contributed by atoms with E-state index in [1.165, 1.54) is 0 Å². The van der Waals surface area contributed by atoms with E-state index in [1.54, 1.807) is 12.3 Å². The highest BCUT2D eigenvalue weighted by Gasteiger charge is 2.27. The molecular weight excluding hydrogens is 290 g/mol. The van der Waals surface area contributed by atoms with Crippen molar-refractivity contribution in [2.75, 3.05) is 5.32 Å². The van der Waals surface area contributed by atoms with E-state index in [0.717, 1.165) is 11.3 Å². The van der Waals surface area contributed by atoms with Gasteiger partial charge in [-0.2, -0.15) is 0 Å². The van der Waals surface area contributed by atoms with Gasteiger partial charge in [0.05, 0.1) is 11.4 Å². The van der Waals surface area contributed by atoms with Gasteiger partial charge in [-0.3, -0.25) is 4.79 Å². The maximum absolute atomic E-state index is 11.8. The second-order valence-electron chi connectivity index (χ2n) is 4.93. The average Bonchev–Trinajstić information content (AvgIpc) is 2.64. The summed E-state index contributed by atoms with van der Waals surface area (Å²) in [5.74, 6) is -0.552. The Kier molecular flexibility index (Phi) is 3.31. The Morgan fingerprint density at radius 2 is 2.10 bits per heavy atom. The molecule has 1 aromatic carbocycles. The molecule has 0 fully saturated rings. The first-order valence-electron chi connectivity index (χ1n) is 6.47. The summed E-state index contributed by atoms with van der Waals surface area (Å²) in [5.41, 5.74) is 3.52. The molecule has 1 aromatic heterocycles. The standard InChI is InChI=1S/C15H14ClN3O2/c1-8-12-11(7-19(8)2)17-14(20)15(21)18-13(12)9-5-3-4-6-10(9)16/h3-7,15,21H,1-2H3,(H,17,20). The number of hydrogen-bond acceptors (Lipinski definition) is 3. The molecule has 0 saturated heterocycles. The number of aliphatic hydroxyl groups is 1. The Balaban J connectivity index is 2.30. The lowest BCUT2D eigenvalue weighted by molar-refractivity contribution is -0.123. The number of anilines is 1. The summed E-state index contributed by atoms with van der Waals surface area (Å²) >= 11 is 6.25. The van der Waals surface area contributed by atoms with Gasteiger partial charge < -0.3 is 15.0 Å². The average molecular weight is 304 g/mol. The fourth-order valence-electron chi connectivity index (χ4n) is 2.42. The zero-order valence-electron chi connectivity index (χ0n) is 11.6. The number of rotatable bonds is 1. The van der Waals surface area contributed by atoms with Gasteiger partial charge in [-0.1, -0.05) is 29.8 Å². The zero-order valence-corrected chi connectivity index (χ0v) is 12.3. The quantitative estimate of drug-likeness (QED) is 0.847. The molecule has 1 aliphatic rings. The fourth-order valence-corrected chi connectivity index (χ4v) is 2.65. The van der Waals surface area contributed by atoms with E-state index in [1.807, 2.05) is 36.7 Å². The second kappa shape index (κ2) is 5.02. The first-order valence-corrected chi connectivity index (χ1v) is 6.84. The maximum atomic E-state index is 11.8. The minimum atomic E-state index is -1.45. The molecule has 1 unspecified atom stereocenters. The van der Waals surface area contributed by atoms with Gasteiger partial charge in [0.1, 0.15) is 0 Å². The van der Waals surface area contributed by atoms with Crippen molar-refractivity contribution in [1.29, 1.82) is 0 Å². The Morgan fingerprint density at radius 1 is 1.38 bits per heavy atom. The predicted molar refractivity (Wildman–Crippen MR) is 81.9 cm³/mol. The predicted octanol–water partition coefficient (Wildman–Crippen LogP) is 2.09. The monoisotopic (exact) mass is 303 g/mol. The number of fused-ring (bicyclic) bond motifs is 1. The summed E-state index contributed by atoms with van der Waals surface area (Å²) < 4.78 is 1.90. The molecule has 0 bridgehead atoms. The maximum Gasteiger partial charge on any atom is 0.276 e. The molecule has 3 rings (SSSR count). The fraction of sp³-hybridized carbons (Fsp3) is 0.200. The molecule has 1 aliphatic heterocycles. The zero-order chi connectivity index (χ0) is 15.1. The summed E-state index contributed by atoms with van der Waals surface area (Å²) in [6, 6.07) is 7.24. The van der Waals surface area contributed by atoms with Crippen molar-refractivity contribution in [2.24, 2.45) is 12.0 Å². The van der Waals surface area contributed by atoms with Crippen molar-refractivity contribution in [3.63, 3.8) is 0 Å². The third-order valence-corrected chi connectivity index (χ3v) is 3.92. The lowest BCUT2D eigenvalue weighted by Gasteiger charge is -2.10. The minimum Gasteiger partial charge on any atom is -0.364 e. The number of carbonyl (C=O) groups is 1. The van der Waals surface area contributed by atoms with Gasteiger partial charge in [0.15, 0.2) is 0 Å². The van der Waals surface area contributed by atoms with Crippen LogP contribution < -0.4 is 5.32 Å². The summed E-state index contributed by atoms with van der Waals surface area (Å²) in [6.07, 6.45) is 0.348. The van der Waals surface area contributed by atoms with Crippen LogP contribution in [0.1, 0.15) is 16.8 Å². The van der Waals surface area contributed by atoms with Crippen molar-refractivity contribution >= 4 is 28.9 Å². The van der Waals surface area contributed by atoms with Crippen LogP contribution in [0.4, 0.5) is 5.69 Å². The van der Waals surface area contributed by atoms with Crippen LogP contribution in [0.3, 0.4) is 0 Å². The van der Waals surface area contributed by atoms with Crippen LogP contribution in [0.2, 0.25) is 5.02 Å². The number of aliphatic hydroxyl groups excluding tert-OH is 1. The van der Waals surface area contributed by atoms with Crippen LogP contribution in [-0.4, -0.2) is 27.5 Å². The van der Waals surface area contributed by atoms with Gasteiger partial charge in [0, 0.05) is 35.1 Å². The number of halogens is 1. The molecule has 21 heavy (non-hydrogen) atoms. The Hall–Kier alpha value is -2.11. The molecule has 1 atom stereocenters. The molecule has 0 aliphatic carbocycles. The molecule has 0 saturated carbocycles. The Morgan fingerprint density at radius 3 is 2.81 bits per heavy atom. The normalized spacial score (nSPS) is 17.8. The van der Waals surface area contributed by atoms with Gasteiger partial charge in [0.2, 0.25) is 6.23 Å². The number of hydrogen-bond donors (Lipinski definition) is 2. The van der Waals surface area contributed by atoms with E-state index in [4.69, 9.17) is 11.6 Å². The highest BCUT2D eigenvalue weighted by molar-refractivity contribution is 6.36. The summed E-state index contributed by atoms with van der Waals surface area (Å²) in [5, 5.41) is 13.1. The largest absolute Gasteiger partial charge is 0.364 e. The molecule has 2 N–H and O–H groups in total. The second-order valence-corrected chi connectivity index (χ2v) is 5.34. The first kappa shape index (κ1) is 13.9. The third-order valence-electron chi connectivity index (χ3n) is 3.59. The van der Waals surface area contributed by atoms with Crippen molar-refractivity contribution in [1.82, 2.24) is 4.57 Å². The SMILES string of the molecule is Cc1c2c(cn1C)NC(=O)C(O)N=C2c1ccccc1Cl. The molecule has 6 heteroatoms. The van der Waals surface area contributed by atoms with Crippen molar-refractivity contribution in [3.8, 4) is 0 Å². The number of nitrogens with zero attached hydrogens (tertiary/aromatic N) is 2. The van der Waals surface area contributed by atoms with Gasteiger partial charge in [-0.15, -0.1) is 0 Å². The third kappa shape index (κ3) is 2.24. The Labute approximate surface area is 126 Å². The highest BCUT2D eigenvalue weighted by Crippen LogP contribution is 2.30. The molecule has 1 amide bonds. The lowest BCUT2D eigenvalue weighted by atomic mass is 10.0. The van der Waals surface area contributed by atoms with Gasteiger partial charge in [0.25, 0.3) is 5.91 Å². The molecule has 0 spiro atoms. The molecule has 2 heterocycles. The molecule has 108 valence electrons. The minimum absolute atomic E-state index is 0.513. The Bertz CT molecular complexity index is 764. The van der Waals surface area contributed by atoms with Crippen LogP contribution >= 0.6 is 11.6 Å². The summed E-state index contributed by atoms with van der Waals surface area (Å²) in [7, 11) is 1.89. The van der Waals surface area contributed by atoms with E-state index in [2.05, 4.69) is 10.3 Å². The number of aryl methyl sites for hydroxylation is 1. The van der Waals surface area contributed by atoms with Crippen molar-refractivity contribution in [2.45, 2.75) is 13.2 Å². The van der Waals surface area contributed by atoms with Crippen LogP contribution in [0.25, 0.3) is 0 Å². The van der Waals surface area contributed by atoms with Gasteiger partial charge >= 0.3 is 0 Å². The molecular formula is C15H14ClN3O2. The summed E-state index contributed by atoms with van der Waals surface area (Å²) in [4.78, 5) is 16.0. The van der Waals surface area contributed by atoms with Crippen LogP contribution in [0.5, 0.6) is 0 Å². The molecule has 2 aromatic rings. The van der Waals surface area contributed by atoms with E-state index >= 15 is 0 Å². The van der Waals surface area contributed by atoms with Crippen LogP contribution in [0, 0.1) is 6.92 Å². The number of benzene rings is 1. The van der Waals surface area contributed by atoms with Crippen molar-refractivity contribution in [3.05, 3.63) is 52.3 Å². The number of aromatic nitrogens is 1. The lowest BCUT2D eigenvalue weighted by Crippen LogP contribution is -2.24. The van der Waals surface area contributed by atoms with E-state index in [0.29, 0.717) is 22.0 Å². The summed E-state index contributed by atoms with van der Waals surface area (Å²) in [6.45, 7) is 1.93. The first-order chi connectivity index (χ1) is 9.99. The van der Waals surface area contributed by atoms with Crippen molar-refractivity contribution < 1.29 is 9.90 Å². The van der Waals surface area contributed by atoms with E-state index < -0.39 is 12.1 Å².